The molecule has 0 aliphatic rings. The number of nitrogens with one attached hydrogen (secondary N) is 2. The zero-order chi connectivity index (χ0) is 23.6. The summed E-state index contributed by atoms with van der Waals surface area (Å²) in [5.74, 6) is -0.329. The van der Waals surface area contributed by atoms with E-state index >= 15 is 0 Å². The molecule has 0 saturated heterocycles. The summed E-state index contributed by atoms with van der Waals surface area (Å²) in [5, 5.41) is 6.66. The number of rotatable bonds is 9. The zero-order valence-electron chi connectivity index (χ0n) is 18.2. The van der Waals surface area contributed by atoms with Crippen LogP contribution in [0, 0.1) is 5.92 Å². The first-order valence-electron chi connectivity index (χ1n) is 10.2. The standard InChI is InChI=1S/C25H24BrN3O4/c1-17(24(30)28-23-6-4-3-5-22(23)26)25(31)29-27-15-18-7-13-21(14-8-18)33-16-19-9-11-20(32-2)12-10-19/h3-15,17H,16H2,1-2H3,(H,28,30)(H,29,31). The number of para-hydroxylation sites is 1. The van der Waals surface area contributed by atoms with E-state index in [9.17, 15) is 9.59 Å². The van der Waals surface area contributed by atoms with E-state index in [1.165, 1.54) is 13.1 Å². The predicted octanol–water partition coefficient (Wildman–Crippen LogP) is 4.76. The lowest BCUT2D eigenvalue weighted by Crippen LogP contribution is -2.34. The van der Waals surface area contributed by atoms with Gasteiger partial charge in [0.1, 0.15) is 24.0 Å². The molecular formula is C25H24BrN3O4. The van der Waals surface area contributed by atoms with Crippen LogP contribution in [0.15, 0.2) is 82.4 Å². The van der Waals surface area contributed by atoms with Crippen LogP contribution < -0.4 is 20.2 Å². The average molecular weight is 510 g/mol. The number of hydrazone groups is 1. The Labute approximate surface area is 200 Å². The molecule has 0 fully saturated rings. The molecule has 0 aliphatic heterocycles. The highest BCUT2D eigenvalue weighted by Gasteiger charge is 2.21. The topological polar surface area (TPSA) is 89.0 Å². The number of anilines is 1. The molecule has 170 valence electrons. The molecule has 8 heteroatoms. The van der Waals surface area contributed by atoms with Gasteiger partial charge in [-0.2, -0.15) is 5.10 Å². The van der Waals surface area contributed by atoms with Crippen LogP contribution in [0.1, 0.15) is 18.1 Å². The van der Waals surface area contributed by atoms with Crippen LogP contribution >= 0.6 is 15.9 Å². The maximum Gasteiger partial charge on any atom is 0.252 e. The maximum absolute atomic E-state index is 12.3. The van der Waals surface area contributed by atoms with E-state index < -0.39 is 17.7 Å². The fourth-order valence-electron chi connectivity index (χ4n) is 2.73. The number of methoxy groups -OCH3 is 1. The normalized spacial score (nSPS) is 11.6. The molecule has 2 N–H and O–H groups in total. The molecule has 3 aromatic carbocycles. The Bertz CT molecular complexity index is 1120. The zero-order valence-corrected chi connectivity index (χ0v) is 19.8. The van der Waals surface area contributed by atoms with E-state index in [4.69, 9.17) is 9.47 Å². The maximum atomic E-state index is 12.3. The predicted molar refractivity (Wildman–Crippen MR) is 131 cm³/mol. The van der Waals surface area contributed by atoms with Crippen molar-refractivity contribution >= 4 is 39.6 Å². The highest BCUT2D eigenvalue weighted by atomic mass is 79.9. The Morgan fingerprint density at radius 2 is 1.64 bits per heavy atom. The third-order valence-electron chi connectivity index (χ3n) is 4.75. The van der Waals surface area contributed by atoms with Gasteiger partial charge in [0, 0.05) is 4.47 Å². The molecule has 0 saturated carbocycles. The van der Waals surface area contributed by atoms with Gasteiger partial charge in [-0.05, 0) is 82.5 Å². The fraction of sp³-hybridized carbons (Fsp3) is 0.160. The second kappa shape index (κ2) is 11.8. The van der Waals surface area contributed by atoms with Crippen molar-refractivity contribution in [3.05, 3.63) is 88.4 Å². The number of amides is 2. The summed E-state index contributed by atoms with van der Waals surface area (Å²) in [5.41, 5.74) is 4.80. The molecule has 2 amide bonds. The molecular weight excluding hydrogens is 486 g/mol. The van der Waals surface area contributed by atoms with E-state index in [1.807, 2.05) is 54.6 Å². The molecule has 0 aliphatic carbocycles. The molecule has 0 spiro atoms. The number of ether oxygens (including phenoxy) is 2. The molecule has 0 bridgehead atoms. The van der Waals surface area contributed by atoms with Crippen LogP contribution in [0.5, 0.6) is 11.5 Å². The summed E-state index contributed by atoms with van der Waals surface area (Å²) in [6.07, 6.45) is 1.50. The molecule has 0 heterocycles. The smallest absolute Gasteiger partial charge is 0.252 e. The summed E-state index contributed by atoms with van der Waals surface area (Å²) in [6, 6.07) is 22.1. The number of halogens is 1. The van der Waals surface area contributed by atoms with Gasteiger partial charge in [0.15, 0.2) is 0 Å². The minimum atomic E-state index is -0.914. The van der Waals surface area contributed by atoms with E-state index in [-0.39, 0.29) is 0 Å². The van der Waals surface area contributed by atoms with Crippen LogP contribution in [0.4, 0.5) is 5.69 Å². The van der Waals surface area contributed by atoms with Crippen molar-refractivity contribution in [3.8, 4) is 11.5 Å². The number of hydrogen-bond acceptors (Lipinski definition) is 5. The third-order valence-corrected chi connectivity index (χ3v) is 5.44. The van der Waals surface area contributed by atoms with Crippen LogP contribution in [-0.2, 0) is 16.2 Å². The summed E-state index contributed by atoms with van der Waals surface area (Å²) in [6.45, 7) is 1.96. The van der Waals surface area contributed by atoms with Crippen LogP contribution in [-0.4, -0.2) is 25.1 Å². The number of carbonyl (C=O) groups is 2. The van der Waals surface area contributed by atoms with Gasteiger partial charge in [-0.15, -0.1) is 0 Å². The number of nitrogens with zero attached hydrogens (tertiary/aromatic N) is 1. The molecule has 1 unspecified atom stereocenters. The summed E-state index contributed by atoms with van der Waals surface area (Å²) >= 11 is 3.36. The van der Waals surface area contributed by atoms with Gasteiger partial charge in [0.05, 0.1) is 19.0 Å². The second-order valence-corrected chi connectivity index (χ2v) is 7.99. The number of hydrogen-bond donors (Lipinski definition) is 2. The minimum Gasteiger partial charge on any atom is -0.497 e. The molecule has 33 heavy (non-hydrogen) atoms. The quantitative estimate of drug-likeness (QED) is 0.247. The van der Waals surface area contributed by atoms with Crippen molar-refractivity contribution in [2.45, 2.75) is 13.5 Å². The highest BCUT2D eigenvalue weighted by Crippen LogP contribution is 2.22. The largest absolute Gasteiger partial charge is 0.497 e. The fourth-order valence-corrected chi connectivity index (χ4v) is 3.11. The van der Waals surface area contributed by atoms with Gasteiger partial charge in [-0.25, -0.2) is 5.43 Å². The van der Waals surface area contributed by atoms with Gasteiger partial charge < -0.3 is 14.8 Å². The van der Waals surface area contributed by atoms with Crippen molar-refractivity contribution in [2.75, 3.05) is 12.4 Å². The van der Waals surface area contributed by atoms with E-state index in [0.717, 1.165) is 21.3 Å². The SMILES string of the molecule is COc1ccc(COc2ccc(C=NNC(=O)C(C)C(=O)Nc3ccccc3Br)cc2)cc1. The Kier molecular flexibility index (Phi) is 8.60. The lowest BCUT2D eigenvalue weighted by molar-refractivity contribution is -0.131. The van der Waals surface area contributed by atoms with Crippen LogP contribution in [0.3, 0.4) is 0 Å². The van der Waals surface area contributed by atoms with Crippen LogP contribution in [0.25, 0.3) is 0 Å². The first-order valence-corrected chi connectivity index (χ1v) is 11.0. The van der Waals surface area contributed by atoms with Gasteiger partial charge in [0.25, 0.3) is 5.91 Å². The molecule has 1 atom stereocenters. The van der Waals surface area contributed by atoms with Crippen molar-refractivity contribution < 1.29 is 19.1 Å². The first-order chi connectivity index (χ1) is 16.0. The first kappa shape index (κ1) is 24.0. The lowest BCUT2D eigenvalue weighted by Gasteiger charge is -2.11. The molecule has 3 aromatic rings. The molecule has 3 rings (SSSR count). The summed E-state index contributed by atoms with van der Waals surface area (Å²) in [4.78, 5) is 24.5. The monoisotopic (exact) mass is 509 g/mol. The van der Waals surface area contributed by atoms with Gasteiger partial charge in [0.2, 0.25) is 5.91 Å². The molecule has 0 aromatic heterocycles. The Morgan fingerprint density at radius 3 is 2.30 bits per heavy atom. The van der Waals surface area contributed by atoms with Crippen molar-refractivity contribution in [1.82, 2.24) is 5.43 Å². The Hall–Kier alpha value is -3.65. The molecule has 0 radical (unpaired) electrons. The lowest BCUT2D eigenvalue weighted by atomic mass is 10.1. The van der Waals surface area contributed by atoms with E-state index in [2.05, 4.69) is 31.8 Å². The van der Waals surface area contributed by atoms with Crippen molar-refractivity contribution in [3.63, 3.8) is 0 Å². The third kappa shape index (κ3) is 7.18. The van der Waals surface area contributed by atoms with Gasteiger partial charge in [-0.3, -0.25) is 9.59 Å². The summed E-state index contributed by atoms with van der Waals surface area (Å²) < 4.78 is 11.7. The Morgan fingerprint density at radius 1 is 0.970 bits per heavy atom. The van der Waals surface area contributed by atoms with Gasteiger partial charge >= 0.3 is 0 Å². The Balaban J connectivity index is 1.46. The molecule has 7 nitrogen and oxygen atoms in total. The van der Waals surface area contributed by atoms with Crippen LogP contribution in [0.2, 0.25) is 0 Å². The number of benzene rings is 3. The van der Waals surface area contributed by atoms with E-state index in [0.29, 0.717) is 18.0 Å². The van der Waals surface area contributed by atoms with Crippen molar-refractivity contribution in [2.24, 2.45) is 11.0 Å². The second-order valence-electron chi connectivity index (χ2n) is 7.13. The average Bonchev–Trinajstić information content (AvgIpc) is 2.84. The van der Waals surface area contributed by atoms with Gasteiger partial charge in [-0.1, -0.05) is 24.3 Å². The van der Waals surface area contributed by atoms with Crippen molar-refractivity contribution in [1.29, 1.82) is 0 Å². The summed E-state index contributed by atoms with van der Waals surface area (Å²) in [7, 11) is 1.63. The highest BCUT2D eigenvalue weighted by molar-refractivity contribution is 9.10. The number of carbonyl (C=O) groups excluding carboxylic acids is 2. The van der Waals surface area contributed by atoms with E-state index in [1.54, 1.807) is 25.3 Å². The minimum absolute atomic E-state index is 0.423.